The molecule has 1 aliphatic heterocycles. The van der Waals surface area contributed by atoms with Crippen molar-refractivity contribution in [3.63, 3.8) is 0 Å². The quantitative estimate of drug-likeness (QED) is 0.301. The topological polar surface area (TPSA) is 134 Å². The molecule has 2 N–H and O–H groups in total. The van der Waals surface area contributed by atoms with E-state index in [4.69, 9.17) is 9.47 Å². The second-order valence-electron chi connectivity index (χ2n) is 7.96. The van der Waals surface area contributed by atoms with Gasteiger partial charge in [-0.15, -0.1) is 0 Å². The number of likely N-dealkylation sites (tertiary alicyclic amines) is 1. The summed E-state index contributed by atoms with van der Waals surface area (Å²) in [7, 11) is 0.574. The molecule has 188 valence electrons. The third-order valence-electron chi connectivity index (χ3n) is 5.58. The van der Waals surface area contributed by atoms with Gasteiger partial charge in [-0.05, 0) is 48.9 Å². The zero-order valence-corrected chi connectivity index (χ0v) is 20.7. The molecule has 1 fully saturated rings. The number of sulfonamides is 1. The summed E-state index contributed by atoms with van der Waals surface area (Å²) < 4.78 is 36.3. The molecule has 0 aliphatic carbocycles. The maximum atomic E-state index is 13.0. The number of amides is 1. The highest BCUT2D eigenvalue weighted by molar-refractivity contribution is 7.89. The highest BCUT2D eigenvalue weighted by Gasteiger charge is 2.46. The number of phenolic OH excluding ortho intramolecular Hbond substituents is 1. The Morgan fingerprint density at radius 3 is 2.34 bits per heavy atom. The first-order chi connectivity index (χ1) is 16.5. The summed E-state index contributed by atoms with van der Waals surface area (Å²) in [6.45, 7) is 2.25. The summed E-state index contributed by atoms with van der Waals surface area (Å²) in [4.78, 5) is 27.2. The van der Waals surface area contributed by atoms with E-state index in [1.165, 1.54) is 68.6 Å². The zero-order valence-electron chi connectivity index (χ0n) is 19.9. The van der Waals surface area contributed by atoms with Crippen molar-refractivity contribution < 1.29 is 37.7 Å². The summed E-state index contributed by atoms with van der Waals surface area (Å²) in [6, 6.07) is 8.82. The van der Waals surface area contributed by atoms with Crippen LogP contribution < -0.4 is 4.74 Å². The fourth-order valence-electron chi connectivity index (χ4n) is 3.77. The third kappa shape index (κ3) is 5.02. The number of nitrogens with zero attached hydrogens (tertiary/aromatic N) is 2. The van der Waals surface area contributed by atoms with Crippen molar-refractivity contribution in [1.29, 1.82) is 0 Å². The van der Waals surface area contributed by atoms with Gasteiger partial charge in [0.1, 0.15) is 5.76 Å². The second-order valence-corrected chi connectivity index (χ2v) is 10.1. The van der Waals surface area contributed by atoms with Crippen molar-refractivity contribution >= 4 is 27.5 Å². The minimum Gasteiger partial charge on any atom is -0.507 e. The van der Waals surface area contributed by atoms with Crippen LogP contribution in [0.2, 0.25) is 0 Å². The molecule has 0 spiro atoms. The molecule has 2 aromatic carbocycles. The van der Waals surface area contributed by atoms with Crippen LogP contribution in [0.15, 0.2) is 52.9 Å². The van der Waals surface area contributed by atoms with Gasteiger partial charge in [-0.3, -0.25) is 9.59 Å². The molecule has 0 bridgehead atoms. The third-order valence-corrected chi connectivity index (χ3v) is 7.41. The number of hydrogen-bond donors (Lipinski definition) is 2. The molecular formula is C24H28N2O8S. The van der Waals surface area contributed by atoms with Gasteiger partial charge in [0.25, 0.3) is 11.7 Å². The normalized spacial score (nSPS) is 17.9. The first-order valence-corrected chi connectivity index (χ1v) is 12.2. The Bertz CT molecular complexity index is 1250. The van der Waals surface area contributed by atoms with Crippen molar-refractivity contribution in [2.75, 3.05) is 41.0 Å². The molecule has 0 saturated carbocycles. The molecule has 1 saturated heterocycles. The number of ether oxygens (including phenoxy) is 2. The van der Waals surface area contributed by atoms with Crippen LogP contribution in [0.1, 0.15) is 24.1 Å². The minimum absolute atomic E-state index is 0.0102. The van der Waals surface area contributed by atoms with E-state index < -0.39 is 33.5 Å². The van der Waals surface area contributed by atoms with Crippen molar-refractivity contribution in [1.82, 2.24) is 9.21 Å². The number of Topliss-reactive ketones (excluding diaryl/α,β-unsaturated/α-hetero) is 1. The summed E-state index contributed by atoms with van der Waals surface area (Å²) in [5.41, 5.74) is 0.443. The van der Waals surface area contributed by atoms with Gasteiger partial charge in [0.2, 0.25) is 10.0 Å². The Labute approximate surface area is 204 Å². The summed E-state index contributed by atoms with van der Waals surface area (Å²) in [5, 5.41) is 21.2. The summed E-state index contributed by atoms with van der Waals surface area (Å²) >= 11 is 0. The number of carbonyl (C=O) groups excluding carboxylic acids is 2. The van der Waals surface area contributed by atoms with Crippen LogP contribution in [0.5, 0.6) is 11.5 Å². The summed E-state index contributed by atoms with van der Waals surface area (Å²) in [5.74, 6) is -2.10. The van der Waals surface area contributed by atoms with Crippen molar-refractivity contribution in [2.45, 2.75) is 17.9 Å². The van der Waals surface area contributed by atoms with Crippen molar-refractivity contribution in [2.24, 2.45) is 0 Å². The lowest BCUT2D eigenvalue weighted by Crippen LogP contribution is -2.32. The Kier molecular flexibility index (Phi) is 7.83. The molecule has 0 unspecified atom stereocenters. The van der Waals surface area contributed by atoms with E-state index in [9.17, 15) is 28.2 Å². The van der Waals surface area contributed by atoms with E-state index >= 15 is 0 Å². The molecule has 2 aromatic rings. The maximum Gasteiger partial charge on any atom is 0.295 e. The lowest BCUT2D eigenvalue weighted by molar-refractivity contribution is -0.140. The van der Waals surface area contributed by atoms with Crippen LogP contribution in [0.4, 0.5) is 0 Å². The first-order valence-electron chi connectivity index (χ1n) is 10.8. The average molecular weight is 505 g/mol. The van der Waals surface area contributed by atoms with Crippen LogP contribution >= 0.6 is 0 Å². The number of aromatic hydroxyl groups is 1. The number of hydrogen-bond acceptors (Lipinski definition) is 8. The van der Waals surface area contributed by atoms with Crippen LogP contribution in [-0.4, -0.2) is 80.5 Å². The van der Waals surface area contributed by atoms with Gasteiger partial charge in [-0.1, -0.05) is 6.07 Å². The molecular weight excluding hydrogens is 476 g/mol. The Morgan fingerprint density at radius 2 is 1.77 bits per heavy atom. The fraction of sp³-hybridized carbons (Fsp3) is 0.333. The van der Waals surface area contributed by atoms with Gasteiger partial charge < -0.3 is 24.6 Å². The van der Waals surface area contributed by atoms with E-state index in [1.807, 2.05) is 0 Å². The monoisotopic (exact) mass is 504 g/mol. The van der Waals surface area contributed by atoms with Crippen LogP contribution in [0, 0.1) is 0 Å². The number of aliphatic hydroxyl groups is 1. The van der Waals surface area contributed by atoms with Gasteiger partial charge in [-0.25, -0.2) is 12.7 Å². The highest BCUT2D eigenvalue weighted by Crippen LogP contribution is 2.41. The molecule has 11 heteroatoms. The molecule has 0 aromatic heterocycles. The average Bonchev–Trinajstić information content (AvgIpc) is 3.08. The number of phenols is 1. The number of ketones is 1. The molecule has 1 atom stereocenters. The highest BCUT2D eigenvalue weighted by atomic mass is 32.2. The standard InChI is InChI=1S/C24H28N2O8S/c1-5-34-19-14-16(8-11-18(19)27)21-20(23(29)24(30)26(21)12-13-33-4)22(28)15-6-9-17(10-7-15)35(31,32)25(2)3/h6-11,14,21,27-28H,5,12-13H2,1-4H3/b22-20+/t21-/m1/s1. The number of carbonyl (C=O) groups is 2. The van der Waals surface area contributed by atoms with Gasteiger partial charge >= 0.3 is 0 Å². The minimum atomic E-state index is -3.69. The number of rotatable bonds is 9. The molecule has 1 amide bonds. The molecule has 35 heavy (non-hydrogen) atoms. The Morgan fingerprint density at radius 1 is 1.11 bits per heavy atom. The Balaban J connectivity index is 2.15. The molecule has 3 rings (SSSR count). The molecule has 1 aliphatic rings. The largest absolute Gasteiger partial charge is 0.507 e. The van der Waals surface area contributed by atoms with E-state index in [0.29, 0.717) is 5.56 Å². The zero-order chi connectivity index (χ0) is 25.9. The molecule has 1 heterocycles. The van der Waals surface area contributed by atoms with E-state index in [0.717, 1.165) is 4.31 Å². The van der Waals surface area contributed by atoms with Crippen LogP contribution in [0.3, 0.4) is 0 Å². The molecule has 10 nitrogen and oxygen atoms in total. The van der Waals surface area contributed by atoms with E-state index in [2.05, 4.69) is 0 Å². The van der Waals surface area contributed by atoms with E-state index in [-0.39, 0.29) is 47.3 Å². The predicted octanol–water partition coefficient (Wildman–Crippen LogP) is 2.11. The first kappa shape index (κ1) is 26.2. The second kappa shape index (κ2) is 10.5. The number of benzene rings is 2. The van der Waals surface area contributed by atoms with Crippen molar-refractivity contribution in [3.8, 4) is 11.5 Å². The van der Waals surface area contributed by atoms with Gasteiger partial charge in [0.05, 0.1) is 29.7 Å². The van der Waals surface area contributed by atoms with Crippen LogP contribution in [0.25, 0.3) is 5.76 Å². The van der Waals surface area contributed by atoms with Gasteiger partial charge in [0, 0.05) is 33.3 Å². The van der Waals surface area contributed by atoms with Crippen molar-refractivity contribution in [3.05, 3.63) is 59.2 Å². The lowest BCUT2D eigenvalue weighted by Gasteiger charge is -2.25. The number of aliphatic hydroxyl groups excluding tert-OH is 1. The van der Waals surface area contributed by atoms with Gasteiger partial charge in [-0.2, -0.15) is 0 Å². The predicted molar refractivity (Wildman–Crippen MR) is 127 cm³/mol. The van der Waals surface area contributed by atoms with E-state index in [1.54, 1.807) is 6.92 Å². The number of methoxy groups -OCH3 is 1. The molecule has 0 radical (unpaired) electrons. The van der Waals surface area contributed by atoms with Gasteiger partial charge in [0.15, 0.2) is 11.5 Å². The Hall–Kier alpha value is -3.41. The lowest BCUT2D eigenvalue weighted by atomic mass is 9.95. The summed E-state index contributed by atoms with van der Waals surface area (Å²) in [6.07, 6.45) is 0. The fourth-order valence-corrected chi connectivity index (χ4v) is 4.67. The smallest absolute Gasteiger partial charge is 0.295 e. The SMILES string of the molecule is CCOc1cc([C@@H]2/C(=C(\O)c3ccc(S(=O)(=O)N(C)C)cc3)C(=O)C(=O)N2CCOC)ccc1O. The maximum absolute atomic E-state index is 13.0. The van der Waals surface area contributed by atoms with Crippen LogP contribution in [-0.2, 0) is 24.3 Å².